The Morgan fingerprint density at radius 1 is 1.32 bits per heavy atom. The van der Waals surface area contributed by atoms with Crippen LogP contribution in [0.5, 0.6) is 0 Å². The molecule has 0 radical (unpaired) electrons. The van der Waals surface area contributed by atoms with Gasteiger partial charge in [0.1, 0.15) is 5.82 Å². The van der Waals surface area contributed by atoms with E-state index >= 15 is 0 Å². The standard InChI is InChI=1S/C15H18FNO2/c1-9-3-2-4-13(16)14(9)15(18)10-5-11-7-19-8-12(6-10)17-11/h2-4,10-12,17H,5-8H2,1H3. The Morgan fingerprint density at radius 3 is 2.63 bits per heavy atom. The van der Waals surface area contributed by atoms with Gasteiger partial charge < -0.3 is 10.1 Å². The summed E-state index contributed by atoms with van der Waals surface area (Å²) in [7, 11) is 0. The van der Waals surface area contributed by atoms with Gasteiger partial charge in [-0.05, 0) is 31.4 Å². The SMILES string of the molecule is Cc1cccc(F)c1C(=O)C1CC2COCC(C1)N2. The van der Waals surface area contributed by atoms with Crippen LogP contribution in [0.25, 0.3) is 0 Å². The summed E-state index contributed by atoms with van der Waals surface area (Å²) < 4.78 is 19.4. The normalized spacial score (nSPS) is 30.1. The van der Waals surface area contributed by atoms with Crippen molar-refractivity contribution in [1.29, 1.82) is 0 Å². The summed E-state index contributed by atoms with van der Waals surface area (Å²) in [4.78, 5) is 12.6. The van der Waals surface area contributed by atoms with Crippen molar-refractivity contribution in [2.75, 3.05) is 13.2 Å². The third-order valence-electron chi connectivity index (χ3n) is 4.09. The Labute approximate surface area is 112 Å². The number of ketones is 1. The Hall–Kier alpha value is -1.26. The summed E-state index contributed by atoms with van der Waals surface area (Å²) in [5.41, 5.74) is 0.998. The fourth-order valence-electron chi connectivity index (χ4n) is 3.20. The number of benzene rings is 1. The number of fused-ring (bicyclic) bond motifs is 2. The number of rotatable bonds is 2. The lowest BCUT2D eigenvalue weighted by molar-refractivity contribution is 0.00944. The molecule has 3 nitrogen and oxygen atoms in total. The number of aryl methyl sites for hydroxylation is 1. The highest BCUT2D eigenvalue weighted by molar-refractivity contribution is 5.99. The molecule has 2 saturated heterocycles. The lowest BCUT2D eigenvalue weighted by atomic mass is 9.81. The number of piperidine rings is 1. The molecule has 0 spiro atoms. The first-order valence-corrected chi connectivity index (χ1v) is 6.78. The maximum Gasteiger partial charge on any atom is 0.169 e. The van der Waals surface area contributed by atoms with Crippen molar-refractivity contribution in [3.8, 4) is 0 Å². The molecule has 1 aromatic carbocycles. The summed E-state index contributed by atoms with van der Waals surface area (Å²) in [6, 6.07) is 5.26. The second kappa shape index (κ2) is 5.02. The Kier molecular flexibility index (Phi) is 3.37. The van der Waals surface area contributed by atoms with E-state index in [0.29, 0.717) is 13.2 Å². The van der Waals surface area contributed by atoms with Gasteiger partial charge in [0, 0.05) is 18.0 Å². The second-order valence-electron chi connectivity index (χ2n) is 5.56. The van der Waals surface area contributed by atoms with Crippen LogP contribution in [0.1, 0.15) is 28.8 Å². The first-order chi connectivity index (χ1) is 9.15. The first kappa shape index (κ1) is 12.8. The summed E-state index contributed by atoms with van der Waals surface area (Å²) in [6.07, 6.45) is 1.48. The maximum atomic E-state index is 13.9. The monoisotopic (exact) mass is 263 g/mol. The second-order valence-corrected chi connectivity index (χ2v) is 5.56. The van der Waals surface area contributed by atoms with Crippen LogP contribution >= 0.6 is 0 Å². The van der Waals surface area contributed by atoms with E-state index in [2.05, 4.69) is 5.32 Å². The van der Waals surface area contributed by atoms with Crippen molar-refractivity contribution in [2.45, 2.75) is 31.8 Å². The van der Waals surface area contributed by atoms with Crippen LogP contribution in [0, 0.1) is 18.7 Å². The molecule has 0 saturated carbocycles. The minimum absolute atomic E-state index is 0.0472. The number of hydrogen-bond donors (Lipinski definition) is 1. The largest absolute Gasteiger partial charge is 0.378 e. The summed E-state index contributed by atoms with van der Waals surface area (Å²) in [5.74, 6) is -0.533. The molecule has 1 aromatic rings. The average molecular weight is 263 g/mol. The number of carbonyl (C=O) groups is 1. The van der Waals surface area contributed by atoms with Crippen LogP contribution in [0.4, 0.5) is 4.39 Å². The van der Waals surface area contributed by atoms with E-state index in [-0.39, 0.29) is 29.3 Å². The van der Waals surface area contributed by atoms with Gasteiger partial charge in [-0.3, -0.25) is 4.79 Å². The maximum absolute atomic E-state index is 13.9. The van der Waals surface area contributed by atoms with Crippen LogP contribution in [-0.2, 0) is 4.74 Å². The molecule has 102 valence electrons. The number of Topliss-reactive ketones (excluding diaryl/α,β-unsaturated/α-hetero) is 1. The highest BCUT2D eigenvalue weighted by Gasteiger charge is 2.36. The van der Waals surface area contributed by atoms with Crippen molar-refractivity contribution in [1.82, 2.24) is 5.32 Å². The van der Waals surface area contributed by atoms with Gasteiger partial charge >= 0.3 is 0 Å². The third-order valence-corrected chi connectivity index (χ3v) is 4.09. The van der Waals surface area contributed by atoms with Crippen molar-refractivity contribution < 1.29 is 13.9 Å². The molecule has 2 bridgehead atoms. The number of nitrogens with one attached hydrogen (secondary N) is 1. The topological polar surface area (TPSA) is 38.3 Å². The smallest absolute Gasteiger partial charge is 0.169 e. The van der Waals surface area contributed by atoms with E-state index in [4.69, 9.17) is 4.74 Å². The van der Waals surface area contributed by atoms with E-state index in [1.54, 1.807) is 19.1 Å². The number of halogens is 1. The molecule has 3 rings (SSSR count). The Morgan fingerprint density at radius 2 is 2.00 bits per heavy atom. The number of ether oxygens (including phenoxy) is 1. The molecule has 4 heteroatoms. The molecule has 0 aromatic heterocycles. The molecular formula is C15H18FNO2. The summed E-state index contributed by atoms with van der Waals surface area (Å²) in [5, 5.41) is 3.45. The average Bonchev–Trinajstić information content (AvgIpc) is 2.37. The van der Waals surface area contributed by atoms with E-state index in [1.807, 2.05) is 0 Å². The lowest BCUT2D eigenvalue weighted by Gasteiger charge is -2.39. The minimum Gasteiger partial charge on any atom is -0.378 e. The van der Waals surface area contributed by atoms with E-state index in [9.17, 15) is 9.18 Å². The van der Waals surface area contributed by atoms with Gasteiger partial charge in [0.05, 0.1) is 18.8 Å². The first-order valence-electron chi connectivity index (χ1n) is 6.78. The molecule has 1 N–H and O–H groups in total. The third kappa shape index (κ3) is 2.42. The molecular weight excluding hydrogens is 245 g/mol. The summed E-state index contributed by atoms with van der Waals surface area (Å²) >= 11 is 0. The van der Waals surface area contributed by atoms with Crippen molar-refractivity contribution in [2.24, 2.45) is 5.92 Å². The lowest BCUT2D eigenvalue weighted by Crippen LogP contribution is -2.55. The van der Waals surface area contributed by atoms with Gasteiger partial charge in [0.25, 0.3) is 0 Å². The van der Waals surface area contributed by atoms with E-state index < -0.39 is 5.82 Å². The molecule has 2 atom stereocenters. The Bertz CT molecular complexity index is 471. The number of carbonyl (C=O) groups excluding carboxylic acids is 1. The molecule has 2 aliphatic rings. The zero-order valence-electron chi connectivity index (χ0n) is 11.0. The van der Waals surface area contributed by atoms with Crippen molar-refractivity contribution in [3.63, 3.8) is 0 Å². The fraction of sp³-hybridized carbons (Fsp3) is 0.533. The predicted molar refractivity (Wildman–Crippen MR) is 69.7 cm³/mol. The van der Waals surface area contributed by atoms with Crippen LogP contribution in [-0.4, -0.2) is 31.1 Å². The van der Waals surface area contributed by atoms with Crippen molar-refractivity contribution in [3.05, 3.63) is 35.1 Å². The van der Waals surface area contributed by atoms with Gasteiger partial charge in [-0.1, -0.05) is 12.1 Å². The highest BCUT2D eigenvalue weighted by atomic mass is 19.1. The molecule has 2 unspecified atom stereocenters. The fourth-order valence-corrected chi connectivity index (χ4v) is 3.20. The van der Waals surface area contributed by atoms with Gasteiger partial charge in [-0.2, -0.15) is 0 Å². The molecule has 2 aliphatic heterocycles. The number of hydrogen-bond acceptors (Lipinski definition) is 3. The summed E-state index contributed by atoms with van der Waals surface area (Å²) in [6.45, 7) is 3.09. The van der Waals surface area contributed by atoms with Gasteiger partial charge in [-0.15, -0.1) is 0 Å². The molecule has 0 aliphatic carbocycles. The van der Waals surface area contributed by atoms with Gasteiger partial charge in [0.15, 0.2) is 5.78 Å². The van der Waals surface area contributed by atoms with Crippen LogP contribution in [0.3, 0.4) is 0 Å². The number of morpholine rings is 1. The molecule has 2 heterocycles. The zero-order chi connectivity index (χ0) is 13.4. The molecule has 19 heavy (non-hydrogen) atoms. The Balaban J connectivity index is 1.84. The van der Waals surface area contributed by atoms with E-state index in [1.165, 1.54) is 6.07 Å². The quantitative estimate of drug-likeness (QED) is 0.830. The molecule has 0 amide bonds. The van der Waals surface area contributed by atoms with Gasteiger partial charge in [-0.25, -0.2) is 4.39 Å². The highest BCUT2D eigenvalue weighted by Crippen LogP contribution is 2.28. The zero-order valence-corrected chi connectivity index (χ0v) is 11.0. The van der Waals surface area contributed by atoms with Gasteiger partial charge in [0.2, 0.25) is 0 Å². The molecule has 2 fully saturated rings. The van der Waals surface area contributed by atoms with Crippen LogP contribution < -0.4 is 5.32 Å². The predicted octanol–water partition coefficient (Wildman–Crippen LogP) is 2.08. The van der Waals surface area contributed by atoms with E-state index in [0.717, 1.165) is 18.4 Å². The minimum atomic E-state index is -0.398. The van der Waals surface area contributed by atoms with Crippen LogP contribution in [0.15, 0.2) is 18.2 Å². The van der Waals surface area contributed by atoms with Crippen LogP contribution in [0.2, 0.25) is 0 Å². The van der Waals surface area contributed by atoms with Crippen molar-refractivity contribution >= 4 is 5.78 Å².